The summed E-state index contributed by atoms with van der Waals surface area (Å²) in [6.07, 6.45) is 1.93. The second kappa shape index (κ2) is 6.99. The number of anilines is 1. The largest absolute Gasteiger partial charge is 0.340 e. The fourth-order valence-corrected chi connectivity index (χ4v) is 3.82. The standard InChI is InChI=1S/C15H22N4O3S/c1-3-4-9-18-10-11-19(15(18)16)23(21,22)14-7-5-13(6-8-14)17-12(2)20/h5-8,16H,3-4,9-11H2,1-2H3,(H,17,20). The Kier molecular flexibility index (Phi) is 5.25. The van der Waals surface area contributed by atoms with Gasteiger partial charge in [0.25, 0.3) is 10.0 Å². The van der Waals surface area contributed by atoms with Crippen molar-refractivity contribution in [3.63, 3.8) is 0 Å². The van der Waals surface area contributed by atoms with E-state index in [9.17, 15) is 13.2 Å². The van der Waals surface area contributed by atoms with Crippen molar-refractivity contribution < 1.29 is 13.2 Å². The van der Waals surface area contributed by atoms with Gasteiger partial charge in [-0.2, -0.15) is 0 Å². The minimum absolute atomic E-state index is 0.0318. The Morgan fingerprint density at radius 3 is 2.48 bits per heavy atom. The van der Waals surface area contributed by atoms with Crippen LogP contribution in [0.4, 0.5) is 5.69 Å². The molecule has 1 saturated heterocycles. The third-order valence-electron chi connectivity index (χ3n) is 3.65. The topological polar surface area (TPSA) is 93.6 Å². The third kappa shape index (κ3) is 3.82. The van der Waals surface area contributed by atoms with E-state index in [1.165, 1.54) is 19.1 Å². The van der Waals surface area contributed by atoms with E-state index in [1.54, 1.807) is 17.0 Å². The molecule has 1 aromatic rings. The van der Waals surface area contributed by atoms with Crippen LogP contribution < -0.4 is 5.32 Å². The molecule has 0 unspecified atom stereocenters. The predicted octanol–water partition coefficient (Wildman–Crippen LogP) is 1.69. The summed E-state index contributed by atoms with van der Waals surface area (Å²) in [4.78, 5) is 12.9. The van der Waals surface area contributed by atoms with Crippen LogP contribution in [-0.4, -0.2) is 49.1 Å². The zero-order valence-electron chi connectivity index (χ0n) is 13.4. The number of guanidine groups is 1. The summed E-state index contributed by atoms with van der Waals surface area (Å²) in [7, 11) is -3.74. The molecule has 7 nitrogen and oxygen atoms in total. The smallest absolute Gasteiger partial charge is 0.266 e. The van der Waals surface area contributed by atoms with E-state index in [0.717, 1.165) is 17.1 Å². The molecule has 1 aromatic carbocycles. The fourth-order valence-electron chi connectivity index (χ4n) is 2.42. The Balaban J connectivity index is 2.15. The number of benzene rings is 1. The van der Waals surface area contributed by atoms with Crippen molar-refractivity contribution in [1.82, 2.24) is 9.21 Å². The Hall–Kier alpha value is -2.09. The van der Waals surface area contributed by atoms with Crippen molar-refractivity contribution in [2.24, 2.45) is 0 Å². The van der Waals surface area contributed by atoms with E-state index >= 15 is 0 Å². The van der Waals surface area contributed by atoms with Crippen molar-refractivity contribution in [3.8, 4) is 0 Å². The van der Waals surface area contributed by atoms with Gasteiger partial charge in [-0.05, 0) is 30.7 Å². The summed E-state index contributed by atoms with van der Waals surface area (Å²) in [6.45, 7) is 4.98. The van der Waals surface area contributed by atoms with Gasteiger partial charge in [0.05, 0.1) is 11.4 Å². The second-order valence-electron chi connectivity index (χ2n) is 5.45. The van der Waals surface area contributed by atoms with Crippen molar-refractivity contribution in [1.29, 1.82) is 5.41 Å². The number of nitrogens with one attached hydrogen (secondary N) is 2. The molecule has 23 heavy (non-hydrogen) atoms. The first-order chi connectivity index (χ1) is 10.9. The van der Waals surface area contributed by atoms with Crippen LogP contribution in [0, 0.1) is 5.41 Å². The van der Waals surface area contributed by atoms with Gasteiger partial charge in [0, 0.05) is 25.7 Å². The highest BCUT2D eigenvalue weighted by atomic mass is 32.2. The van der Waals surface area contributed by atoms with E-state index in [-0.39, 0.29) is 16.8 Å². The van der Waals surface area contributed by atoms with Gasteiger partial charge in [0.2, 0.25) is 11.9 Å². The monoisotopic (exact) mass is 338 g/mol. The maximum absolute atomic E-state index is 12.7. The summed E-state index contributed by atoms with van der Waals surface area (Å²) in [5.74, 6) is -0.183. The van der Waals surface area contributed by atoms with Crippen LogP contribution in [0.15, 0.2) is 29.2 Å². The van der Waals surface area contributed by atoms with Crippen LogP contribution in [0.25, 0.3) is 0 Å². The van der Waals surface area contributed by atoms with E-state index in [0.29, 0.717) is 25.3 Å². The molecule has 8 heteroatoms. The molecule has 1 amide bonds. The average Bonchev–Trinajstić information content (AvgIpc) is 2.86. The van der Waals surface area contributed by atoms with Crippen molar-refractivity contribution in [2.75, 3.05) is 25.0 Å². The van der Waals surface area contributed by atoms with Crippen LogP contribution in [0.3, 0.4) is 0 Å². The first-order valence-electron chi connectivity index (χ1n) is 7.60. The van der Waals surface area contributed by atoms with Crippen molar-refractivity contribution >= 4 is 27.6 Å². The van der Waals surface area contributed by atoms with Gasteiger partial charge < -0.3 is 10.2 Å². The molecule has 0 bridgehead atoms. The number of carbonyl (C=O) groups is 1. The molecule has 0 aromatic heterocycles. The lowest BCUT2D eigenvalue weighted by Crippen LogP contribution is -2.37. The van der Waals surface area contributed by atoms with Gasteiger partial charge >= 0.3 is 0 Å². The van der Waals surface area contributed by atoms with Crippen LogP contribution in [0.2, 0.25) is 0 Å². The SMILES string of the molecule is CCCCN1CCN(S(=O)(=O)c2ccc(NC(C)=O)cc2)C1=N. The molecule has 1 fully saturated rings. The highest BCUT2D eigenvalue weighted by Crippen LogP contribution is 2.22. The number of unbranched alkanes of at least 4 members (excludes halogenated alkanes) is 1. The van der Waals surface area contributed by atoms with E-state index in [2.05, 4.69) is 12.2 Å². The maximum Gasteiger partial charge on any atom is 0.266 e. The first-order valence-corrected chi connectivity index (χ1v) is 9.04. The summed E-state index contributed by atoms with van der Waals surface area (Å²) >= 11 is 0. The Labute approximate surface area is 136 Å². The molecule has 0 radical (unpaired) electrons. The van der Waals surface area contributed by atoms with Gasteiger partial charge in [-0.1, -0.05) is 13.3 Å². The lowest BCUT2D eigenvalue weighted by atomic mass is 10.3. The van der Waals surface area contributed by atoms with E-state index in [1.807, 2.05) is 0 Å². The lowest BCUT2D eigenvalue weighted by Gasteiger charge is -2.21. The fraction of sp³-hybridized carbons (Fsp3) is 0.467. The summed E-state index contributed by atoms with van der Waals surface area (Å²) < 4.78 is 26.5. The summed E-state index contributed by atoms with van der Waals surface area (Å²) in [5.41, 5.74) is 0.539. The zero-order valence-corrected chi connectivity index (χ0v) is 14.2. The minimum atomic E-state index is -3.74. The lowest BCUT2D eigenvalue weighted by molar-refractivity contribution is -0.114. The molecule has 0 spiro atoms. The molecule has 1 heterocycles. The number of amides is 1. The predicted molar refractivity (Wildman–Crippen MR) is 88.8 cm³/mol. The van der Waals surface area contributed by atoms with Gasteiger partial charge in [-0.25, -0.2) is 12.7 Å². The molecule has 2 rings (SSSR count). The molecule has 1 aliphatic rings. The normalized spacial score (nSPS) is 15.1. The van der Waals surface area contributed by atoms with Crippen LogP contribution in [-0.2, 0) is 14.8 Å². The number of hydrogen-bond donors (Lipinski definition) is 2. The molecule has 126 valence electrons. The number of nitrogens with zero attached hydrogens (tertiary/aromatic N) is 2. The summed E-state index contributed by atoms with van der Waals surface area (Å²) in [5, 5.41) is 10.7. The van der Waals surface area contributed by atoms with Gasteiger partial charge in [0.15, 0.2) is 0 Å². The van der Waals surface area contributed by atoms with E-state index < -0.39 is 10.0 Å². The molecular formula is C15H22N4O3S. The highest BCUT2D eigenvalue weighted by Gasteiger charge is 2.34. The number of rotatable bonds is 6. The molecular weight excluding hydrogens is 316 g/mol. The molecule has 1 aliphatic heterocycles. The number of hydrogen-bond acceptors (Lipinski definition) is 4. The van der Waals surface area contributed by atoms with Crippen LogP contribution in [0.5, 0.6) is 0 Å². The summed E-state index contributed by atoms with van der Waals surface area (Å²) in [6, 6.07) is 5.98. The Morgan fingerprint density at radius 1 is 1.26 bits per heavy atom. The van der Waals surface area contributed by atoms with Gasteiger partial charge in [-0.15, -0.1) is 0 Å². The Bertz CT molecular complexity index is 685. The minimum Gasteiger partial charge on any atom is -0.340 e. The van der Waals surface area contributed by atoms with Crippen molar-refractivity contribution in [3.05, 3.63) is 24.3 Å². The third-order valence-corrected chi connectivity index (χ3v) is 5.46. The highest BCUT2D eigenvalue weighted by molar-refractivity contribution is 7.89. The Morgan fingerprint density at radius 2 is 1.91 bits per heavy atom. The molecule has 0 atom stereocenters. The second-order valence-corrected chi connectivity index (χ2v) is 7.31. The quantitative estimate of drug-likeness (QED) is 0.825. The number of sulfonamides is 1. The molecule has 2 N–H and O–H groups in total. The maximum atomic E-state index is 12.7. The van der Waals surface area contributed by atoms with Crippen LogP contribution in [0.1, 0.15) is 26.7 Å². The zero-order chi connectivity index (χ0) is 17.0. The van der Waals surface area contributed by atoms with Crippen LogP contribution >= 0.6 is 0 Å². The average molecular weight is 338 g/mol. The van der Waals surface area contributed by atoms with E-state index in [4.69, 9.17) is 5.41 Å². The van der Waals surface area contributed by atoms with Gasteiger partial charge in [-0.3, -0.25) is 10.2 Å². The first kappa shape index (κ1) is 17.3. The number of carbonyl (C=O) groups excluding carboxylic acids is 1. The molecule has 0 saturated carbocycles. The van der Waals surface area contributed by atoms with Crippen molar-refractivity contribution in [2.45, 2.75) is 31.6 Å². The van der Waals surface area contributed by atoms with Gasteiger partial charge in [0.1, 0.15) is 0 Å². The molecule has 0 aliphatic carbocycles.